The average molecular weight is 497 g/mol. The number of thiazole rings is 1. The fourth-order valence-electron chi connectivity index (χ4n) is 4.26. The Hall–Kier alpha value is -3.82. The third-order valence-corrected chi connectivity index (χ3v) is 7.41. The highest BCUT2D eigenvalue weighted by Gasteiger charge is 2.15. The SMILES string of the molecule is CCn1c2ccccc2c2nnc(SCC(=O)Nc3nc(-c4cccc5ccccc45)cs3)nc21. The smallest absolute Gasteiger partial charge is 0.236 e. The van der Waals surface area contributed by atoms with Crippen LogP contribution in [0.1, 0.15) is 6.92 Å². The minimum atomic E-state index is -0.159. The number of thioether (sulfide) groups is 1. The molecule has 1 N–H and O–H groups in total. The van der Waals surface area contributed by atoms with Crippen molar-refractivity contribution in [2.24, 2.45) is 0 Å². The predicted molar refractivity (Wildman–Crippen MR) is 143 cm³/mol. The van der Waals surface area contributed by atoms with E-state index in [1.54, 1.807) is 0 Å². The lowest BCUT2D eigenvalue weighted by Crippen LogP contribution is -2.14. The van der Waals surface area contributed by atoms with Gasteiger partial charge in [-0.25, -0.2) is 9.97 Å². The Morgan fingerprint density at radius 2 is 1.77 bits per heavy atom. The van der Waals surface area contributed by atoms with Crippen LogP contribution in [0.4, 0.5) is 5.13 Å². The Balaban J connectivity index is 1.17. The molecule has 35 heavy (non-hydrogen) atoms. The molecule has 0 saturated carbocycles. The molecule has 0 aliphatic carbocycles. The zero-order chi connectivity index (χ0) is 23.8. The molecule has 0 radical (unpaired) electrons. The van der Waals surface area contributed by atoms with Gasteiger partial charge in [0, 0.05) is 22.9 Å². The standard InChI is InChI=1S/C26H20N6OS2/c1-2-32-21-13-6-5-11-19(21)23-24(32)29-26(31-30-23)35-15-22(33)28-25-27-20(14-34-25)18-12-7-9-16-8-3-4-10-17(16)18/h3-14H,2,15H2,1H3,(H,27,28,33). The van der Waals surface area contributed by atoms with Gasteiger partial charge in [0.1, 0.15) is 5.52 Å². The highest BCUT2D eigenvalue weighted by atomic mass is 32.2. The van der Waals surface area contributed by atoms with Crippen molar-refractivity contribution in [3.8, 4) is 11.3 Å². The first-order chi connectivity index (χ1) is 17.2. The molecule has 172 valence electrons. The van der Waals surface area contributed by atoms with Crippen LogP contribution in [0.5, 0.6) is 0 Å². The zero-order valence-electron chi connectivity index (χ0n) is 18.8. The largest absolute Gasteiger partial charge is 0.324 e. The highest BCUT2D eigenvalue weighted by molar-refractivity contribution is 7.99. The fraction of sp³-hybridized carbons (Fsp3) is 0.115. The van der Waals surface area contributed by atoms with Crippen molar-refractivity contribution in [3.05, 3.63) is 72.1 Å². The number of rotatable bonds is 6. The quantitative estimate of drug-likeness (QED) is 0.284. The van der Waals surface area contributed by atoms with Crippen LogP contribution in [0.2, 0.25) is 0 Å². The summed E-state index contributed by atoms with van der Waals surface area (Å²) in [6.07, 6.45) is 0. The van der Waals surface area contributed by atoms with Gasteiger partial charge in [-0.2, -0.15) is 0 Å². The van der Waals surface area contributed by atoms with Gasteiger partial charge in [-0.1, -0.05) is 72.4 Å². The number of fused-ring (bicyclic) bond motifs is 4. The zero-order valence-corrected chi connectivity index (χ0v) is 20.4. The second-order valence-electron chi connectivity index (χ2n) is 7.93. The molecule has 9 heteroatoms. The number of carbonyl (C=O) groups excluding carboxylic acids is 1. The number of anilines is 1. The molecule has 0 fully saturated rings. The summed E-state index contributed by atoms with van der Waals surface area (Å²) in [6.45, 7) is 2.85. The number of para-hydroxylation sites is 1. The topological polar surface area (TPSA) is 85.6 Å². The Morgan fingerprint density at radius 1 is 0.971 bits per heavy atom. The third kappa shape index (κ3) is 4.02. The average Bonchev–Trinajstić information content (AvgIpc) is 3.49. The molecule has 0 bridgehead atoms. The summed E-state index contributed by atoms with van der Waals surface area (Å²) in [7, 11) is 0. The van der Waals surface area contributed by atoms with E-state index in [4.69, 9.17) is 4.98 Å². The number of aryl methyl sites for hydroxylation is 1. The maximum Gasteiger partial charge on any atom is 0.236 e. The van der Waals surface area contributed by atoms with Crippen LogP contribution >= 0.6 is 23.1 Å². The highest BCUT2D eigenvalue weighted by Crippen LogP contribution is 2.31. The van der Waals surface area contributed by atoms with E-state index in [9.17, 15) is 4.79 Å². The number of carbonyl (C=O) groups is 1. The fourth-order valence-corrected chi connectivity index (χ4v) is 5.57. The summed E-state index contributed by atoms with van der Waals surface area (Å²) in [5.74, 6) is 0.0106. The van der Waals surface area contributed by atoms with Crippen molar-refractivity contribution in [2.45, 2.75) is 18.6 Å². The van der Waals surface area contributed by atoms with Gasteiger partial charge in [-0.05, 0) is 23.8 Å². The van der Waals surface area contributed by atoms with E-state index in [0.29, 0.717) is 10.3 Å². The minimum Gasteiger partial charge on any atom is -0.324 e. The van der Waals surface area contributed by atoms with Crippen LogP contribution in [-0.2, 0) is 11.3 Å². The summed E-state index contributed by atoms with van der Waals surface area (Å²) < 4.78 is 2.12. The molecule has 0 unspecified atom stereocenters. The summed E-state index contributed by atoms with van der Waals surface area (Å²) in [4.78, 5) is 22.0. The third-order valence-electron chi connectivity index (χ3n) is 5.82. The Bertz CT molecular complexity index is 1700. The van der Waals surface area contributed by atoms with E-state index >= 15 is 0 Å². The lowest BCUT2D eigenvalue weighted by atomic mass is 10.0. The molecular weight excluding hydrogens is 476 g/mol. The van der Waals surface area contributed by atoms with Gasteiger partial charge in [0.05, 0.1) is 17.0 Å². The molecule has 0 atom stereocenters. The maximum absolute atomic E-state index is 12.6. The first kappa shape index (κ1) is 21.7. The molecule has 0 aliphatic heterocycles. The van der Waals surface area contributed by atoms with Crippen molar-refractivity contribution in [1.82, 2.24) is 24.7 Å². The molecule has 3 aromatic heterocycles. The summed E-state index contributed by atoms with van der Waals surface area (Å²) >= 11 is 2.68. The molecule has 7 nitrogen and oxygen atoms in total. The number of nitrogens with zero attached hydrogens (tertiary/aromatic N) is 5. The normalized spacial score (nSPS) is 11.5. The van der Waals surface area contributed by atoms with E-state index in [1.807, 2.05) is 41.8 Å². The molecule has 0 aliphatic rings. The number of aromatic nitrogens is 5. The van der Waals surface area contributed by atoms with E-state index in [2.05, 4.69) is 62.3 Å². The number of nitrogens with one attached hydrogen (secondary N) is 1. The molecule has 3 aromatic carbocycles. The van der Waals surface area contributed by atoms with Crippen molar-refractivity contribution < 1.29 is 4.79 Å². The second-order valence-corrected chi connectivity index (χ2v) is 9.73. The van der Waals surface area contributed by atoms with Crippen molar-refractivity contribution >= 4 is 67.0 Å². The molecule has 6 rings (SSSR count). The van der Waals surface area contributed by atoms with Crippen LogP contribution in [0.15, 0.2) is 77.3 Å². The number of hydrogen-bond acceptors (Lipinski definition) is 7. The van der Waals surface area contributed by atoms with Gasteiger partial charge in [0.15, 0.2) is 10.8 Å². The number of benzene rings is 3. The first-order valence-electron chi connectivity index (χ1n) is 11.2. The molecule has 0 saturated heterocycles. The van der Waals surface area contributed by atoms with Crippen LogP contribution < -0.4 is 5.32 Å². The Labute approximate surface area is 209 Å². The maximum atomic E-state index is 12.6. The second kappa shape index (κ2) is 9.09. The molecule has 3 heterocycles. The monoisotopic (exact) mass is 496 g/mol. The van der Waals surface area contributed by atoms with Crippen molar-refractivity contribution in [3.63, 3.8) is 0 Å². The summed E-state index contributed by atoms with van der Waals surface area (Å²) in [5, 5.41) is 17.9. The van der Waals surface area contributed by atoms with Crippen molar-refractivity contribution in [2.75, 3.05) is 11.1 Å². The van der Waals surface area contributed by atoms with Gasteiger partial charge >= 0.3 is 0 Å². The lowest BCUT2D eigenvalue weighted by molar-refractivity contribution is -0.113. The molecule has 0 spiro atoms. The minimum absolute atomic E-state index is 0.159. The Morgan fingerprint density at radius 3 is 2.66 bits per heavy atom. The first-order valence-corrected chi connectivity index (χ1v) is 13.1. The van der Waals surface area contributed by atoms with Crippen LogP contribution in [-0.4, -0.2) is 36.4 Å². The van der Waals surface area contributed by atoms with Crippen LogP contribution in [0.25, 0.3) is 44.1 Å². The molecular formula is C26H20N6OS2. The number of hydrogen-bond donors (Lipinski definition) is 1. The van der Waals surface area contributed by atoms with E-state index < -0.39 is 0 Å². The Kier molecular flexibility index (Phi) is 5.63. The van der Waals surface area contributed by atoms with Gasteiger partial charge in [-0.3, -0.25) is 4.79 Å². The lowest BCUT2D eigenvalue weighted by Gasteiger charge is -2.04. The van der Waals surface area contributed by atoms with Gasteiger partial charge in [-0.15, -0.1) is 21.5 Å². The van der Waals surface area contributed by atoms with Crippen LogP contribution in [0.3, 0.4) is 0 Å². The van der Waals surface area contributed by atoms with Crippen molar-refractivity contribution in [1.29, 1.82) is 0 Å². The summed E-state index contributed by atoms with van der Waals surface area (Å²) in [6, 6.07) is 22.4. The van der Waals surface area contributed by atoms with E-state index in [-0.39, 0.29) is 11.7 Å². The van der Waals surface area contributed by atoms with Crippen LogP contribution in [0, 0.1) is 0 Å². The van der Waals surface area contributed by atoms with E-state index in [1.165, 1.54) is 23.1 Å². The summed E-state index contributed by atoms with van der Waals surface area (Å²) in [5.41, 5.74) is 4.54. The van der Waals surface area contributed by atoms with Gasteiger partial charge in [0.2, 0.25) is 11.1 Å². The van der Waals surface area contributed by atoms with E-state index in [0.717, 1.165) is 50.6 Å². The molecule has 1 amide bonds. The number of amides is 1. The van der Waals surface area contributed by atoms with Gasteiger partial charge in [0.25, 0.3) is 0 Å². The molecule has 6 aromatic rings. The predicted octanol–water partition coefficient (Wildman–Crippen LogP) is 6.01. The van der Waals surface area contributed by atoms with Gasteiger partial charge < -0.3 is 9.88 Å².